The quantitative estimate of drug-likeness (QED) is 0.862. The average molecular weight is 363 g/mol. The third-order valence-corrected chi connectivity index (χ3v) is 5.41. The molecule has 1 amide bonds. The normalized spacial score (nSPS) is 17.7. The molecule has 0 saturated carbocycles. The van der Waals surface area contributed by atoms with Crippen molar-refractivity contribution in [3.8, 4) is 23.0 Å². The molecule has 0 spiro atoms. The number of aromatic nitrogens is 1. The van der Waals surface area contributed by atoms with Crippen molar-refractivity contribution in [1.82, 2.24) is 4.98 Å². The van der Waals surface area contributed by atoms with Gasteiger partial charge >= 0.3 is 0 Å². The molecule has 2 aliphatic rings. The fourth-order valence-electron chi connectivity index (χ4n) is 3.13. The van der Waals surface area contributed by atoms with E-state index in [2.05, 4.69) is 15.6 Å². The number of ether oxygens (including phenoxy) is 4. The summed E-state index contributed by atoms with van der Waals surface area (Å²) in [6, 6.07) is 1.85. The summed E-state index contributed by atoms with van der Waals surface area (Å²) in [6.45, 7) is 0.104. The van der Waals surface area contributed by atoms with Crippen molar-refractivity contribution in [3.63, 3.8) is 0 Å². The van der Waals surface area contributed by atoms with Crippen LogP contribution in [-0.2, 0) is 4.79 Å². The van der Waals surface area contributed by atoms with E-state index in [1.807, 2.05) is 6.07 Å². The maximum atomic E-state index is 12.2. The molecule has 8 nitrogen and oxygen atoms in total. The van der Waals surface area contributed by atoms with Crippen LogP contribution in [0.3, 0.4) is 0 Å². The van der Waals surface area contributed by atoms with Gasteiger partial charge in [-0.25, -0.2) is 4.98 Å². The van der Waals surface area contributed by atoms with Gasteiger partial charge in [-0.1, -0.05) is 11.3 Å². The Morgan fingerprint density at radius 1 is 1.32 bits per heavy atom. The summed E-state index contributed by atoms with van der Waals surface area (Å²) in [6.07, 6.45) is 0.289. The first-order valence-electron chi connectivity index (χ1n) is 7.69. The van der Waals surface area contributed by atoms with E-state index in [1.165, 1.54) is 11.3 Å². The van der Waals surface area contributed by atoms with Crippen molar-refractivity contribution in [3.05, 3.63) is 16.5 Å². The van der Waals surface area contributed by atoms with Gasteiger partial charge in [0.15, 0.2) is 16.6 Å². The van der Waals surface area contributed by atoms with Gasteiger partial charge in [0, 0.05) is 24.9 Å². The highest BCUT2D eigenvalue weighted by molar-refractivity contribution is 7.16. The van der Waals surface area contributed by atoms with Gasteiger partial charge in [-0.05, 0) is 6.07 Å². The number of benzene rings is 1. The van der Waals surface area contributed by atoms with Gasteiger partial charge in [0.2, 0.25) is 24.2 Å². The van der Waals surface area contributed by atoms with Crippen LogP contribution in [0.25, 0.3) is 0 Å². The van der Waals surface area contributed by atoms with Crippen molar-refractivity contribution in [1.29, 1.82) is 0 Å². The Morgan fingerprint density at radius 3 is 2.84 bits per heavy atom. The number of nitrogens with zero attached hydrogens (tertiary/aromatic N) is 1. The van der Waals surface area contributed by atoms with Crippen LogP contribution < -0.4 is 29.6 Å². The highest BCUT2D eigenvalue weighted by Gasteiger charge is 2.36. The van der Waals surface area contributed by atoms with Crippen molar-refractivity contribution >= 4 is 28.2 Å². The predicted molar refractivity (Wildman–Crippen MR) is 92.4 cm³/mol. The summed E-state index contributed by atoms with van der Waals surface area (Å²) in [5.41, 5.74) is 0.811. The van der Waals surface area contributed by atoms with Crippen LogP contribution in [0.5, 0.6) is 23.0 Å². The Kier molecular flexibility index (Phi) is 3.79. The van der Waals surface area contributed by atoms with E-state index in [9.17, 15) is 4.79 Å². The predicted octanol–water partition coefficient (Wildman–Crippen LogP) is 2.40. The summed E-state index contributed by atoms with van der Waals surface area (Å²) in [5, 5.41) is 6.58. The third kappa shape index (κ3) is 2.42. The second-order valence-corrected chi connectivity index (χ2v) is 6.58. The molecule has 9 heteroatoms. The first-order chi connectivity index (χ1) is 12.2. The van der Waals surface area contributed by atoms with Crippen LogP contribution in [0.15, 0.2) is 6.07 Å². The Hall–Kier alpha value is -2.68. The van der Waals surface area contributed by atoms with E-state index in [1.54, 1.807) is 21.3 Å². The summed E-state index contributed by atoms with van der Waals surface area (Å²) < 4.78 is 22.1. The number of anilines is 2. The number of fused-ring (bicyclic) bond motifs is 2. The number of carbonyl (C=O) groups excluding carboxylic acids is 1. The maximum Gasteiger partial charge on any atom is 0.231 e. The molecule has 1 aromatic carbocycles. The number of nitrogens with one attached hydrogen (secondary N) is 2. The number of hydrogen-bond donors (Lipinski definition) is 2. The van der Waals surface area contributed by atoms with Gasteiger partial charge in [-0.2, -0.15) is 0 Å². The number of carbonyl (C=O) groups is 1. The molecule has 25 heavy (non-hydrogen) atoms. The molecule has 4 rings (SSSR count). The SMILES string of the molecule is CNc1nc2c(s1)[C@H](c1cc(OC)c3c(c1OC)OCO3)CC(=O)N2. The zero-order valence-corrected chi connectivity index (χ0v) is 14.8. The lowest BCUT2D eigenvalue weighted by atomic mass is 9.90. The zero-order chi connectivity index (χ0) is 17.6. The molecule has 0 saturated heterocycles. The van der Waals surface area contributed by atoms with Crippen molar-refractivity contribution < 1.29 is 23.7 Å². The maximum absolute atomic E-state index is 12.2. The van der Waals surface area contributed by atoms with Crippen LogP contribution in [-0.4, -0.2) is 39.0 Å². The van der Waals surface area contributed by atoms with E-state index in [4.69, 9.17) is 18.9 Å². The number of hydrogen-bond acceptors (Lipinski definition) is 8. The minimum Gasteiger partial charge on any atom is -0.493 e. The molecule has 0 radical (unpaired) electrons. The molecule has 1 atom stereocenters. The van der Waals surface area contributed by atoms with Gasteiger partial charge in [-0.15, -0.1) is 0 Å². The Balaban J connectivity index is 1.90. The lowest BCUT2D eigenvalue weighted by Crippen LogP contribution is -2.23. The fraction of sp³-hybridized carbons (Fsp3) is 0.375. The second kappa shape index (κ2) is 5.99. The first kappa shape index (κ1) is 15.8. The second-order valence-electron chi connectivity index (χ2n) is 5.55. The van der Waals surface area contributed by atoms with Gasteiger partial charge in [0.1, 0.15) is 5.82 Å². The van der Waals surface area contributed by atoms with Crippen LogP contribution in [0.4, 0.5) is 10.9 Å². The number of methoxy groups -OCH3 is 2. The van der Waals surface area contributed by atoms with E-state index < -0.39 is 0 Å². The highest BCUT2D eigenvalue weighted by atomic mass is 32.1. The van der Waals surface area contributed by atoms with Gasteiger partial charge in [-0.3, -0.25) is 4.79 Å². The van der Waals surface area contributed by atoms with Gasteiger partial charge in [0.25, 0.3) is 0 Å². The Bertz CT molecular complexity index is 851. The number of amides is 1. The first-order valence-corrected chi connectivity index (χ1v) is 8.50. The summed E-state index contributed by atoms with van der Waals surface area (Å²) in [5.74, 6) is 2.40. The highest BCUT2D eigenvalue weighted by Crippen LogP contribution is 2.54. The third-order valence-electron chi connectivity index (χ3n) is 4.22. The zero-order valence-electron chi connectivity index (χ0n) is 14.0. The van der Waals surface area contributed by atoms with Crippen LogP contribution in [0, 0.1) is 0 Å². The average Bonchev–Trinajstić information content (AvgIpc) is 3.26. The molecule has 0 aliphatic carbocycles. The van der Waals surface area contributed by atoms with Gasteiger partial charge in [0.05, 0.1) is 19.1 Å². The van der Waals surface area contributed by atoms with Crippen molar-refractivity contribution in [2.75, 3.05) is 38.7 Å². The molecule has 0 fully saturated rings. The molecule has 2 aliphatic heterocycles. The van der Waals surface area contributed by atoms with Gasteiger partial charge < -0.3 is 29.6 Å². The standard InChI is InChI=1S/C16H17N3O5S/c1-17-16-19-15-14(25-16)8(5-10(20)18-15)7-4-9(21-2)12-13(11(7)22-3)24-6-23-12/h4,8H,5-6H2,1-3H3,(H,17,19)(H,18,20)/t8-/m0/s1. The summed E-state index contributed by atoms with van der Waals surface area (Å²) >= 11 is 1.50. The summed E-state index contributed by atoms with van der Waals surface area (Å²) in [7, 11) is 4.94. The minimum absolute atomic E-state index is 0.0934. The molecule has 1 aromatic heterocycles. The molecular formula is C16H17N3O5S. The van der Waals surface area contributed by atoms with E-state index in [-0.39, 0.29) is 25.0 Å². The molecule has 0 bridgehead atoms. The van der Waals surface area contributed by atoms with Crippen LogP contribution in [0.1, 0.15) is 22.8 Å². The largest absolute Gasteiger partial charge is 0.493 e. The number of rotatable bonds is 4. The lowest BCUT2D eigenvalue weighted by Gasteiger charge is -2.24. The van der Waals surface area contributed by atoms with E-state index >= 15 is 0 Å². The van der Waals surface area contributed by atoms with E-state index in [0.717, 1.165) is 15.6 Å². The van der Waals surface area contributed by atoms with Crippen molar-refractivity contribution in [2.45, 2.75) is 12.3 Å². The number of thiazole rings is 1. The molecule has 0 unspecified atom stereocenters. The molecular weight excluding hydrogens is 346 g/mol. The van der Waals surface area contributed by atoms with Crippen LogP contribution >= 0.6 is 11.3 Å². The van der Waals surface area contributed by atoms with E-state index in [0.29, 0.717) is 28.8 Å². The van der Waals surface area contributed by atoms with Crippen molar-refractivity contribution in [2.24, 2.45) is 0 Å². The fourth-order valence-corrected chi connectivity index (χ4v) is 4.12. The van der Waals surface area contributed by atoms with Crippen LogP contribution in [0.2, 0.25) is 0 Å². The lowest BCUT2D eigenvalue weighted by molar-refractivity contribution is -0.116. The smallest absolute Gasteiger partial charge is 0.231 e. The monoisotopic (exact) mass is 363 g/mol. The molecule has 2 aromatic rings. The summed E-state index contributed by atoms with van der Waals surface area (Å²) in [4.78, 5) is 17.6. The Morgan fingerprint density at radius 2 is 2.12 bits per heavy atom. The topological polar surface area (TPSA) is 90.9 Å². The molecule has 132 valence electrons. The minimum atomic E-state index is -0.207. The Labute approximate surface area is 148 Å². The molecule has 2 N–H and O–H groups in total. The molecule has 3 heterocycles.